The van der Waals surface area contributed by atoms with Crippen LogP contribution in [0, 0.1) is 19.1 Å². The van der Waals surface area contributed by atoms with Gasteiger partial charge in [-0.15, -0.1) is 59.2 Å². The Morgan fingerprint density at radius 2 is 1.52 bits per heavy atom. The fourth-order valence-corrected chi connectivity index (χ4v) is 7.54. The predicted molar refractivity (Wildman–Crippen MR) is 187 cm³/mol. The third kappa shape index (κ3) is 7.14. The van der Waals surface area contributed by atoms with Crippen LogP contribution in [-0.2, 0) is 26.5 Å². The van der Waals surface area contributed by atoms with Crippen LogP contribution in [0.1, 0.15) is 16.7 Å². The summed E-state index contributed by atoms with van der Waals surface area (Å²) in [5.74, 6) is 0. The number of aryl methyl sites for hydroxylation is 1. The van der Waals surface area contributed by atoms with E-state index in [9.17, 15) is 0 Å². The molecule has 0 N–H and O–H groups in total. The molecule has 0 atom stereocenters. The molecule has 0 spiro atoms. The largest absolute Gasteiger partial charge is 0.305 e. The minimum Gasteiger partial charge on any atom is -0.305 e. The maximum atomic E-state index is 4.78. The average Bonchev–Trinajstić information content (AvgIpc) is 3.43. The number of thiophene rings is 1. The zero-order valence-electron chi connectivity index (χ0n) is 25.4. The minimum atomic E-state index is -1.32. The van der Waals surface area contributed by atoms with E-state index in [1.165, 1.54) is 42.0 Å². The van der Waals surface area contributed by atoms with Crippen molar-refractivity contribution in [2.45, 2.75) is 33.0 Å². The topological polar surface area (TPSA) is 25.8 Å². The quantitative estimate of drug-likeness (QED) is 0.128. The molecular formula is C39H34IrN2SSi-2. The van der Waals surface area contributed by atoms with Crippen LogP contribution in [-0.4, -0.2) is 18.0 Å². The second kappa shape index (κ2) is 13.9. The molecule has 0 saturated heterocycles. The summed E-state index contributed by atoms with van der Waals surface area (Å²) in [4.78, 5) is 9.20. The zero-order valence-corrected chi connectivity index (χ0v) is 29.6. The van der Waals surface area contributed by atoms with E-state index in [0.29, 0.717) is 0 Å². The Morgan fingerprint density at radius 3 is 2.25 bits per heavy atom. The maximum Gasteiger partial charge on any atom is 0.0795 e. The smallest absolute Gasteiger partial charge is 0.0795 e. The van der Waals surface area contributed by atoms with Crippen LogP contribution in [0.2, 0.25) is 19.6 Å². The summed E-state index contributed by atoms with van der Waals surface area (Å²) in [6.07, 6.45) is 4.87. The molecule has 3 aromatic heterocycles. The van der Waals surface area contributed by atoms with Gasteiger partial charge in [-0.25, -0.2) is 0 Å². The van der Waals surface area contributed by atoms with Gasteiger partial charge in [-0.3, -0.25) is 0 Å². The molecule has 0 saturated carbocycles. The number of benzene rings is 4. The van der Waals surface area contributed by atoms with Crippen LogP contribution >= 0.6 is 11.3 Å². The van der Waals surface area contributed by atoms with E-state index in [1.807, 2.05) is 47.9 Å². The van der Waals surface area contributed by atoms with Crippen LogP contribution in [0.4, 0.5) is 0 Å². The van der Waals surface area contributed by atoms with Gasteiger partial charge in [0.25, 0.3) is 0 Å². The molecule has 3 heterocycles. The Hall–Kier alpha value is -3.73. The molecule has 0 aliphatic heterocycles. The number of hydrogen-bond acceptors (Lipinski definition) is 3. The summed E-state index contributed by atoms with van der Waals surface area (Å²) < 4.78 is 2.62. The Labute approximate surface area is 279 Å². The van der Waals surface area contributed by atoms with Gasteiger partial charge in [0.05, 0.1) is 8.07 Å². The molecule has 0 aliphatic carbocycles. The van der Waals surface area contributed by atoms with E-state index in [2.05, 4.69) is 129 Å². The first-order chi connectivity index (χ1) is 20.9. The normalized spacial score (nSPS) is 11.1. The van der Waals surface area contributed by atoms with Crippen molar-refractivity contribution in [3.8, 4) is 22.5 Å². The number of aromatic nitrogens is 2. The molecule has 7 aromatic rings. The SMILES string of the molecule is Cc1c[c-]c(-c2ccc([Si](C)(C)C)cn2)c2sc3ccccc3c12.[Ir].[c-]1ccccc1-c1cc(Cc2ccccc2)ccn1. The first-order valence-corrected chi connectivity index (χ1v) is 18.9. The third-order valence-corrected chi connectivity index (χ3v) is 10.8. The molecule has 2 nitrogen and oxygen atoms in total. The zero-order chi connectivity index (χ0) is 29.8. The molecule has 0 fully saturated rings. The number of hydrogen-bond donors (Lipinski definition) is 0. The van der Waals surface area contributed by atoms with E-state index in [-0.39, 0.29) is 20.1 Å². The molecular weight excluding hydrogens is 749 g/mol. The molecule has 5 heteroatoms. The van der Waals surface area contributed by atoms with Crippen LogP contribution < -0.4 is 5.19 Å². The summed E-state index contributed by atoms with van der Waals surface area (Å²) >= 11 is 1.84. The third-order valence-electron chi connectivity index (χ3n) is 7.60. The number of fused-ring (bicyclic) bond motifs is 3. The van der Waals surface area contributed by atoms with E-state index in [4.69, 9.17) is 4.98 Å². The molecule has 7 rings (SSSR count). The molecule has 0 unspecified atom stereocenters. The van der Waals surface area contributed by atoms with Crippen molar-refractivity contribution in [2.75, 3.05) is 0 Å². The molecule has 0 bridgehead atoms. The fraction of sp³-hybridized carbons (Fsp3) is 0.128. The summed E-state index contributed by atoms with van der Waals surface area (Å²) in [5.41, 5.74) is 8.04. The first kappa shape index (κ1) is 31.7. The summed E-state index contributed by atoms with van der Waals surface area (Å²) in [7, 11) is -1.32. The van der Waals surface area contributed by atoms with Gasteiger partial charge in [0.1, 0.15) is 0 Å². The average molecular weight is 783 g/mol. The molecule has 0 amide bonds. The fourth-order valence-electron chi connectivity index (χ4n) is 5.22. The summed E-state index contributed by atoms with van der Waals surface area (Å²) in [6, 6.07) is 44.5. The minimum absolute atomic E-state index is 0. The molecule has 4 aromatic carbocycles. The van der Waals surface area contributed by atoms with Gasteiger partial charge in [0.15, 0.2) is 0 Å². The van der Waals surface area contributed by atoms with Crippen molar-refractivity contribution < 1.29 is 20.1 Å². The second-order valence-corrected chi connectivity index (χ2v) is 17.9. The molecule has 1 radical (unpaired) electrons. The Balaban J connectivity index is 0.000000175. The van der Waals surface area contributed by atoms with E-state index >= 15 is 0 Å². The van der Waals surface area contributed by atoms with Gasteiger partial charge >= 0.3 is 0 Å². The van der Waals surface area contributed by atoms with Crippen LogP contribution in [0.5, 0.6) is 0 Å². The monoisotopic (exact) mass is 783 g/mol. The Kier molecular flexibility index (Phi) is 10.0. The Bertz CT molecular complexity index is 1980. The van der Waals surface area contributed by atoms with E-state index in [0.717, 1.165) is 28.9 Å². The first-order valence-electron chi connectivity index (χ1n) is 14.6. The summed E-state index contributed by atoms with van der Waals surface area (Å²) in [5, 5.41) is 4.08. The van der Waals surface area contributed by atoms with Crippen LogP contribution in [0.15, 0.2) is 122 Å². The molecule has 0 aliphatic rings. The van der Waals surface area contributed by atoms with Gasteiger partial charge in [0, 0.05) is 37.2 Å². The van der Waals surface area contributed by atoms with Gasteiger partial charge in [-0.2, -0.15) is 11.3 Å². The number of pyridine rings is 2. The van der Waals surface area contributed by atoms with Gasteiger partial charge in [-0.05, 0) is 56.3 Å². The summed E-state index contributed by atoms with van der Waals surface area (Å²) in [6.45, 7) is 9.23. The van der Waals surface area contributed by atoms with E-state index in [1.54, 1.807) is 0 Å². The van der Waals surface area contributed by atoms with Crippen molar-refractivity contribution in [3.05, 3.63) is 150 Å². The standard InChI is InChI=1S/C21H20NSSi.C18H14N.Ir/c1-14-9-11-16(18-12-10-15(13-22-18)24(2,3)4)21-20(14)17-7-5-6-8-19(17)23-21;1-3-7-15(8-4-1)13-16-11-12-19-18(14-16)17-9-5-2-6-10-17;/h5-10,12-13H,1-4H3;1-9,11-12,14H,13H2;/q2*-1;. The Morgan fingerprint density at radius 1 is 0.750 bits per heavy atom. The molecule has 44 heavy (non-hydrogen) atoms. The van der Waals surface area contributed by atoms with E-state index < -0.39 is 8.07 Å². The predicted octanol–water partition coefficient (Wildman–Crippen LogP) is 9.91. The van der Waals surface area contributed by atoms with Gasteiger partial charge in [-0.1, -0.05) is 98.7 Å². The van der Waals surface area contributed by atoms with Crippen molar-refractivity contribution in [3.63, 3.8) is 0 Å². The van der Waals surface area contributed by atoms with Crippen molar-refractivity contribution in [1.29, 1.82) is 0 Å². The van der Waals surface area contributed by atoms with Crippen molar-refractivity contribution in [2.24, 2.45) is 0 Å². The second-order valence-electron chi connectivity index (χ2n) is 11.8. The van der Waals surface area contributed by atoms with Crippen molar-refractivity contribution in [1.82, 2.24) is 9.97 Å². The maximum absolute atomic E-state index is 4.78. The molecule has 221 valence electrons. The number of rotatable bonds is 5. The number of nitrogens with zero attached hydrogens (tertiary/aromatic N) is 2. The van der Waals surface area contributed by atoms with Crippen LogP contribution in [0.3, 0.4) is 0 Å². The van der Waals surface area contributed by atoms with Gasteiger partial charge < -0.3 is 9.97 Å². The van der Waals surface area contributed by atoms with Gasteiger partial charge in [0.2, 0.25) is 0 Å². The van der Waals surface area contributed by atoms with Crippen LogP contribution in [0.25, 0.3) is 42.7 Å². The van der Waals surface area contributed by atoms with Crippen molar-refractivity contribution >= 4 is 44.8 Å².